The van der Waals surface area contributed by atoms with Crippen LogP contribution >= 0.6 is 24.0 Å². The summed E-state index contributed by atoms with van der Waals surface area (Å²) in [5, 5.41) is 0. The summed E-state index contributed by atoms with van der Waals surface area (Å²) >= 11 is 0. The molecule has 154 valence electrons. The van der Waals surface area contributed by atoms with E-state index < -0.39 is 0 Å². The van der Waals surface area contributed by atoms with E-state index in [0.717, 1.165) is 46.9 Å². The molecule has 3 rings (SSSR count). The molecule has 0 spiro atoms. The van der Waals surface area contributed by atoms with Crippen LogP contribution in [0.1, 0.15) is 22.7 Å². The third-order valence-corrected chi connectivity index (χ3v) is 5.68. The van der Waals surface area contributed by atoms with Crippen LogP contribution < -0.4 is 18.9 Å². The number of hydrogen-bond donors (Lipinski definition) is 0. The van der Waals surface area contributed by atoms with Crippen molar-refractivity contribution < 1.29 is 23.4 Å². The van der Waals surface area contributed by atoms with Crippen LogP contribution in [0, 0.1) is 0 Å². The van der Waals surface area contributed by atoms with Crippen LogP contribution in [0.15, 0.2) is 30.3 Å². The van der Waals surface area contributed by atoms with Gasteiger partial charge in [-0.1, -0.05) is 6.07 Å². The first-order valence-electron chi connectivity index (χ1n) is 9.22. The normalized spacial score (nSPS) is 17.1. The van der Waals surface area contributed by atoms with Gasteiger partial charge in [0.2, 0.25) is 0 Å². The lowest BCUT2D eigenvalue weighted by molar-refractivity contribution is -0.923. The van der Waals surface area contributed by atoms with Crippen LogP contribution in [0.2, 0.25) is 0 Å². The summed E-state index contributed by atoms with van der Waals surface area (Å²) in [6, 6.07) is 10.8. The van der Waals surface area contributed by atoms with E-state index in [1.54, 1.807) is 28.4 Å². The van der Waals surface area contributed by atoms with Crippen LogP contribution in [-0.2, 0) is 12.8 Å². The smallest absolute Gasteiger partial charge is 0.161 e. The molecule has 6 heteroatoms. The van der Waals surface area contributed by atoms with Gasteiger partial charge in [0.25, 0.3) is 0 Å². The highest BCUT2D eigenvalue weighted by Crippen LogP contribution is 2.42. The lowest BCUT2D eigenvalue weighted by Crippen LogP contribution is -2.48. The zero-order valence-electron chi connectivity index (χ0n) is 17.6. The van der Waals surface area contributed by atoms with Gasteiger partial charge in [-0.15, -0.1) is 24.0 Å². The Balaban J connectivity index is 0.00000280. The lowest BCUT2D eigenvalue weighted by atomic mass is 9.87. The Labute approximate surface area is 185 Å². The van der Waals surface area contributed by atoms with Gasteiger partial charge in [-0.05, 0) is 35.4 Å². The van der Waals surface area contributed by atoms with E-state index in [-0.39, 0.29) is 24.0 Å². The number of ether oxygens (including phenoxy) is 4. The molecule has 0 unspecified atom stereocenters. The fourth-order valence-corrected chi connectivity index (χ4v) is 3.99. The molecule has 1 atom stereocenters. The maximum Gasteiger partial charge on any atom is 0.161 e. The number of methoxy groups -OCH3 is 4. The van der Waals surface area contributed by atoms with Crippen molar-refractivity contribution in [3.05, 3.63) is 47.0 Å². The molecule has 0 saturated heterocycles. The Hall–Kier alpha value is -1.67. The maximum absolute atomic E-state index is 5.57. The monoisotopic (exact) mass is 500 g/mol. The SMILES string of the molecule is COc1ccc(C[C@@H]2c3cc(OC)c(OC)cc3CC[N+]2(C)C)cc1OC.I. The zero-order valence-corrected chi connectivity index (χ0v) is 19.9. The first kappa shape index (κ1) is 22.6. The number of fused-ring (bicyclic) bond motifs is 1. The Morgan fingerprint density at radius 1 is 0.821 bits per heavy atom. The molecule has 0 saturated carbocycles. The van der Waals surface area contributed by atoms with Crippen molar-refractivity contribution in [1.82, 2.24) is 0 Å². The minimum Gasteiger partial charge on any atom is -0.493 e. The second-order valence-electron chi connectivity index (χ2n) is 7.57. The summed E-state index contributed by atoms with van der Waals surface area (Å²) in [5.41, 5.74) is 3.90. The van der Waals surface area contributed by atoms with E-state index in [2.05, 4.69) is 38.4 Å². The second kappa shape index (κ2) is 9.22. The van der Waals surface area contributed by atoms with Crippen molar-refractivity contribution in [2.24, 2.45) is 0 Å². The molecule has 28 heavy (non-hydrogen) atoms. The number of rotatable bonds is 6. The Bertz CT molecular complexity index is 822. The van der Waals surface area contributed by atoms with Crippen molar-refractivity contribution >= 4 is 24.0 Å². The highest BCUT2D eigenvalue weighted by Gasteiger charge is 2.37. The van der Waals surface area contributed by atoms with Crippen molar-refractivity contribution in [3.8, 4) is 23.0 Å². The van der Waals surface area contributed by atoms with Gasteiger partial charge in [0.1, 0.15) is 6.04 Å². The van der Waals surface area contributed by atoms with Crippen LogP contribution in [-0.4, -0.2) is 53.6 Å². The lowest BCUT2D eigenvalue weighted by Gasteiger charge is -2.43. The third-order valence-electron chi connectivity index (χ3n) is 5.68. The number of quaternary nitrogens is 1. The van der Waals surface area contributed by atoms with Gasteiger partial charge in [0.15, 0.2) is 23.0 Å². The van der Waals surface area contributed by atoms with Crippen molar-refractivity contribution in [1.29, 1.82) is 0 Å². The highest BCUT2D eigenvalue weighted by molar-refractivity contribution is 14.0. The number of halogens is 1. The fourth-order valence-electron chi connectivity index (χ4n) is 3.99. The molecule has 0 bridgehead atoms. The third kappa shape index (κ3) is 4.33. The number of likely N-dealkylation sites (N-methyl/N-ethyl adjacent to an activating group) is 1. The average molecular weight is 500 g/mol. The predicted molar refractivity (Wildman–Crippen MR) is 122 cm³/mol. The summed E-state index contributed by atoms with van der Waals surface area (Å²) in [6.45, 7) is 1.08. The predicted octanol–water partition coefficient (Wildman–Crippen LogP) is 4.26. The molecule has 0 aliphatic carbocycles. The van der Waals surface area contributed by atoms with E-state index in [4.69, 9.17) is 18.9 Å². The molecule has 0 N–H and O–H groups in total. The highest BCUT2D eigenvalue weighted by atomic mass is 127. The average Bonchev–Trinajstić information content (AvgIpc) is 2.68. The molecule has 0 aromatic heterocycles. The molecule has 2 aromatic carbocycles. The molecule has 2 aromatic rings. The fraction of sp³-hybridized carbons (Fsp3) is 0.455. The molecule has 1 aliphatic rings. The zero-order chi connectivity index (χ0) is 19.6. The van der Waals surface area contributed by atoms with Gasteiger partial charge in [-0.3, -0.25) is 0 Å². The largest absolute Gasteiger partial charge is 0.493 e. The molecule has 1 heterocycles. The molecule has 5 nitrogen and oxygen atoms in total. The van der Waals surface area contributed by atoms with Crippen molar-refractivity contribution in [3.63, 3.8) is 0 Å². The summed E-state index contributed by atoms with van der Waals surface area (Å²) < 4.78 is 22.9. The second-order valence-corrected chi connectivity index (χ2v) is 7.57. The van der Waals surface area contributed by atoms with E-state index in [0.29, 0.717) is 6.04 Å². The van der Waals surface area contributed by atoms with E-state index in [1.807, 2.05) is 6.07 Å². The van der Waals surface area contributed by atoms with Crippen molar-refractivity contribution in [2.75, 3.05) is 49.1 Å². The van der Waals surface area contributed by atoms with Crippen LogP contribution in [0.25, 0.3) is 0 Å². The first-order valence-corrected chi connectivity index (χ1v) is 9.22. The molecule has 0 amide bonds. The molecular formula is C22H31INO4+. The minimum atomic E-state index is 0. The maximum atomic E-state index is 5.57. The van der Waals surface area contributed by atoms with E-state index in [9.17, 15) is 0 Å². The topological polar surface area (TPSA) is 36.9 Å². The van der Waals surface area contributed by atoms with Gasteiger partial charge in [0, 0.05) is 18.4 Å². The van der Waals surface area contributed by atoms with Crippen LogP contribution in [0.3, 0.4) is 0 Å². The van der Waals surface area contributed by atoms with Gasteiger partial charge in [-0.25, -0.2) is 0 Å². The van der Waals surface area contributed by atoms with Crippen LogP contribution in [0.4, 0.5) is 0 Å². The van der Waals surface area contributed by atoms with Gasteiger partial charge in [0.05, 0.1) is 49.1 Å². The van der Waals surface area contributed by atoms with E-state index >= 15 is 0 Å². The van der Waals surface area contributed by atoms with Gasteiger partial charge in [-0.2, -0.15) is 0 Å². The quantitative estimate of drug-likeness (QED) is 0.439. The molecular weight excluding hydrogens is 469 g/mol. The molecule has 1 aliphatic heterocycles. The number of benzene rings is 2. The van der Waals surface area contributed by atoms with Gasteiger partial charge >= 0.3 is 0 Å². The molecule has 0 radical (unpaired) electrons. The summed E-state index contributed by atoms with van der Waals surface area (Å²) in [4.78, 5) is 0. The van der Waals surface area contributed by atoms with Crippen LogP contribution in [0.5, 0.6) is 23.0 Å². The Morgan fingerprint density at radius 3 is 2.00 bits per heavy atom. The Kier molecular flexibility index (Phi) is 7.45. The number of hydrogen-bond acceptors (Lipinski definition) is 4. The molecule has 0 fully saturated rings. The van der Waals surface area contributed by atoms with Crippen molar-refractivity contribution in [2.45, 2.75) is 18.9 Å². The number of nitrogens with zero attached hydrogens (tertiary/aromatic N) is 1. The van der Waals surface area contributed by atoms with E-state index in [1.165, 1.54) is 16.7 Å². The summed E-state index contributed by atoms with van der Waals surface area (Å²) in [6.07, 6.45) is 1.95. The minimum absolute atomic E-state index is 0. The standard InChI is InChI=1S/C22H30NO4.HI/c1-23(2)10-9-16-13-21(26-5)22(27-6)14-17(16)18(23)11-15-7-8-19(24-3)20(12-15)25-4;/h7-8,12-14,18H,9-11H2,1-6H3;1H/q+1;/t18-;/m1./s1. The Morgan fingerprint density at radius 2 is 1.39 bits per heavy atom. The first-order chi connectivity index (χ1) is 12.9. The van der Waals surface area contributed by atoms with Gasteiger partial charge < -0.3 is 23.4 Å². The summed E-state index contributed by atoms with van der Waals surface area (Å²) in [7, 11) is 11.3. The summed E-state index contributed by atoms with van der Waals surface area (Å²) in [5.74, 6) is 3.11.